The molecular weight excluding hydrogens is 370 g/mol. The van der Waals surface area contributed by atoms with E-state index in [1.165, 1.54) is 0 Å². The summed E-state index contributed by atoms with van der Waals surface area (Å²) in [4.78, 5) is 24.9. The van der Waals surface area contributed by atoms with Gasteiger partial charge in [0.05, 0.1) is 23.2 Å². The zero-order valence-electron chi connectivity index (χ0n) is 16.5. The maximum atomic E-state index is 12.9. The van der Waals surface area contributed by atoms with E-state index < -0.39 is 0 Å². The molecule has 1 aromatic carbocycles. The number of aromatic nitrogens is 5. The Labute approximate surface area is 168 Å². The lowest BCUT2D eigenvalue weighted by atomic mass is 9.93. The number of hydrogen-bond donors (Lipinski definition) is 4. The van der Waals surface area contributed by atoms with E-state index in [1.54, 1.807) is 12.3 Å². The summed E-state index contributed by atoms with van der Waals surface area (Å²) in [5, 5.41) is 24.7. The van der Waals surface area contributed by atoms with Gasteiger partial charge in [-0.05, 0) is 45.6 Å². The summed E-state index contributed by atoms with van der Waals surface area (Å²) in [6.07, 6.45) is 4.81. The molecule has 2 aromatic heterocycles. The molecular formula is C20H25N7O2. The van der Waals surface area contributed by atoms with E-state index in [4.69, 9.17) is 0 Å². The number of amides is 1. The van der Waals surface area contributed by atoms with Crippen molar-refractivity contribution in [1.29, 1.82) is 0 Å². The summed E-state index contributed by atoms with van der Waals surface area (Å²) < 4.78 is 0. The van der Waals surface area contributed by atoms with E-state index in [0.29, 0.717) is 28.7 Å². The highest BCUT2D eigenvalue weighted by molar-refractivity contribution is 6.05. The third kappa shape index (κ3) is 4.34. The molecule has 3 aromatic rings. The zero-order chi connectivity index (χ0) is 20.4. The van der Waals surface area contributed by atoms with Crippen LogP contribution in [0.15, 0.2) is 24.4 Å². The van der Waals surface area contributed by atoms with Crippen LogP contribution >= 0.6 is 0 Å². The maximum Gasteiger partial charge on any atom is 0.254 e. The summed E-state index contributed by atoms with van der Waals surface area (Å²) in [5.74, 6) is 1.57. The fourth-order valence-corrected chi connectivity index (χ4v) is 3.61. The third-order valence-corrected chi connectivity index (χ3v) is 5.26. The Kier molecular flexibility index (Phi) is 5.39. The minimum absolute atomic E-state index is 0.212. The quantitative estimate of drug-likeness (QED) is 0.521. The van der Waals surface area contributed by atoms with Gasteiger partial charge >= 0.3 is 0 Å². The number of nitrogens with one attached hydrogen (secondary N) is 3. The van der Waals surface area contributed by atoms with Crippen molar-refractivity contribution in [3.63, 3.8) is 0 Å². The molecule has 1 aliphatic rings. The zero-order valence-corrected chi connectivity index (χ0v) is 16.5. The number of H-pyrrole nitrogens is 1. The SMILES string of the molecule is Cc1nnc(C(C)NC(=O)c2cccc3cnc(N[C@H]4CC[C@H](O)CC4)nc23)[nH]1. The molecule has 0 spiro atoms. The average molecular weight is 395 g/mol. The van der Waals surface area contributed by atoms with Crippen molar-refractivity contribution in [3.05, 3.63) is 41.6 Å². The second-order valence-electron chi connectivity index (χ2n) is 7.58. The number of benzene rings is 1. The highest BCUT2D eigenvalue weighted by Crippen LogP contribution is 2.23. The van der Waals surface area contributed by atoms with Gasteiger partial charge in [0, 0.05) is 17.6 Å². The lowest BCUT2D eigenvalue weighted by molar-refractivity contribution is 0.0939. The molecule has 0 saturated heterocycles. The number of carbonyl (C=O) groups excluding carboxylic acids is 1. The van der Waals surface area contributed by atoms with Crippen LogP contribution in [0.4, 0.5) is 5.95 Å². The molecule has 9 nitrogen and oxygen atoms in total. The fourth-order valence-electron chi connectivity index (χ4n) is 3.61. The molecule has 152 valence electrons. The molecule has 2 heterocycles. The Morgan fingerprint density at radius 2 is 2.03 bits per heavy atom. The summed E-state index contributed by atoms with van der Waals surface area (Å²) in [5.41, 5.74) is 1.08. The molecule has 1 saturated carbocycles. The second kappa shape index (κ2) is 8.12. The minimum Gasteiger partial charge on any atom is -0.393 e. The highest BCUT2D eigenvalue weighted by Gasteiger charge is 2.21. The first-order valence-electron chi connectivity index (χ1n) is 9.90. The Morgan fingerprint density at radius 1 is 1.24 bits per heavy atom. The topological polar surface area (TPSA) is 129 Å². The fraction of sp³-hybridized carbons (Fsp3) is 0.450. The molecule has 9 heteroatoms. The first-order chi connectivity index (χ1) is 14.0. The third-order valence-electron chi connectivity index (χ3n) is 5.26. The predicted molar refractivity (Wildman–Crippen MR) is 108 cm³/mol. The van der Waals surface area contributed by atoms with Crippen LogP contribution in [-0.2, 0) is 0 Å². The Balaban J connectivity index is 1.54. The van der Waals surface area contributed by atoms with Crippen LogP contribution in [0, 0.1) is 6.92 Å². The van der Waals surface area contributed by atoms with Gasteiger partial charge in [-0.1, -0.05) is 12.1 Å². The van der Waals surface area contributed by atoms with Gasteiger partial charge in [-0.2, -0.15) is 0 Å². The largest absolute Gasteiger partial charge is 0.393 e. The first kappa shape index (κ1) is 19.3. The van der Waals surface area contributed by atoms with Gasteiger partial charge in [0.1, 0.15) is 5.82 Å². The molecule has 0 bridgehead atoms. The van der Waals surface area contributed by atoms with E-state index in [0.717, 1.165) is 31.1 Å². The molecule has 1 atom stereocenters. The van der Waals surface area contributed by atoms with E-state index >= 15 is 0 Å². The van der Waals surface area contributed by atoms with Gasteiger partial charge in [-0.15, -0.1) is 10.2 Å². The Hall–Kier alpha value is -3.07. The lowest BCUT2D eigenvalue weighted by Crippen LogP contribution is -2.29. The molecule has 1 fully saturated rings. The molecule has 4 rings (SSSR count). The molecule has 4 N–H and O–H groups in total. The number of anilines is 1. The molecule has 1 unspecified atom stereocenters. The van der Waals surface area contributed by atoms with Crippen molar-refractivity contribution in [2.24, 2.45) is 0 Å². The highest BCUT2D eigenvalue weighted by atomic mass is 16.3. The van der Waals surface area contributed by atoms with Gasteiger partial charge < -0.3 is 20.7 Å². The average Bonchev–Trinajstić information content (AvgIpc) is 3.15. The maximum absolute atomic E-state index is 12.9. The van der Waals surface area contributed by atoms with Crippen LogP contribution in [0.25, 0.3) is 10.9 Å². The van der Waals surface area contributed by atoms with Crippen LogP contribution in [0.1, 0.15) is 60.7 Å². The van der Waals surface area contributed by atoms with E-state index in [9.17, 15) is 9.90 Å². The minimum atomic E-state index is -0.313. The van der Waals surface area contributed by atoms with Crippen LogP contribution in [0.3, 0.4) is 0 Å². The van der Waals surface area contributed by atoms with Crippen molar-refractivity contribution in [2.75, 3.05) is 5.32 Å². The van der Waals surface area contributed by atoms with Crippen LogP contribution in [0.5, 0.6) is 0 Å². The predicted octanol–water partition coefficient (Wildman–Crippen LogP) is 2.26. The standard InChI is InChI=1S/C20H25N7O2/c1-11(18-23-12(2)26-27-18)22-19(29)16-5-3-4-13-10-21-20(25-17(13)16)24-14-6-8-15(28)9-7-14/h3-5,10-11,14-15,28H,6-9H2,1-2H3,(H,22,29)(H,21,24,25)(H,23,26,27)/t11?,14-,15-. The van der Waals surface area contributed by atoms with Gasteiger partial charge in [-0.25, -0.2) is 9.97 Å². The summed E-state index contributed by atoms with van der Waals surface area (Å²) in [6.45, 7) is 3.66. The number of aliphatic hydroxyl groups excluding tert-OH is 1. The smallest absolute Gasteiger partial charge is 0.254 e. The van der Waals surface area contributed by atoms with Gasteiger partial charge in [0.2, 0.25) is 5.95 Å². The molecule has 0 radical (unpaired) electrons. The number of para-hydroxylation sites is 1. The molecule has 0 aliphatic heterocycles. The number of rotatable bonds is 5. The summed E-state index contributed by atoms with van der Waals surface area (Å²) >= 11 is 0. The van der Waals surface area contributed by atoms with Gasteiger partial charge in [-0.3, -0.25) is 4.79 Å². The lowest BCUT2D eigenvalue weighted by Gasteiger charge is -2.26. The van der Waals surface area contributed by atoms with Crippen LogP contribution < -0.4 is 10.6 Å². The van der Waals surface area contributed by atoms with E-state index in [-0.39, 0.29) is 24.1 Å². The van der Waals surface area contributed by atoms with Gasteiger partial charge in [0.15, 0.2) is 5.82 Å². The van der Waals surface area contributed by atoms with Crippen molar-refractivity contribution < 1.29 is 9.90 Å². The normalized spacial score (nSPS) is 20.4. The van der Waals surface area contributed by atoms with Crippen molar-refractivity contribution in [1.82, 2.24) is 30.5 Å². The van der Waals surface area contributed by atoms with Crippen LogP contribution in [0.2, 0.25) is 0 Å². The molecule has 29 heavy (non-hydrogen) atoms. The number of carbonyl (C=O) groups is 1. The second-order valence-corrected chi connectivity index (χ2v) is 7.58. The van der Waals surface area contributed by atoms with E-state index in [2.05, 4.69) is 35.8 Å². The number of nitrogens with zero attached hydrogens (tertiary/aromatic N) is 4. The number of aryl methyl sites for hydroxylation is 1. The van der Waals surface area contributed by atoms with Crippen molar-refractivity contribution in [2.45, 2.75) is 57.7 Å². The summed E-state index contributed by atoms with van der Waals surface area (Å²) in [6, 6.07) is 5.37. The van der Waals surface area contributed by atoms with Crippen molar-refractivity contribution in [3.8, 4) is 0 Å². The molecule has 1 amide bonds. The first-order valence-corrected chi connectivity index (χ1v) is 9.90. The number of aliphatic hydroxyl groups is 1. The van der Waals surface area contributed by atoms with E-state index in [1.807, 2.05) is 26.0 Å². The monoisotopic (exact) mass is 395 g/mol. The molecule has 1 aliphatic carbocycles. The summed E-state index contributed by atoms with van der Waals surface area (Å²) in [7, 11) is 0. The van der Waals surface area contributed by atoms with Gasteiger partial charge in [0.25, 0.3) is 5.91 Å². The number of hydrogen-bond acceptors (Lipinski definition) is 7. The Bertz CT molecular complexity index is 1010. The number of fused-ring (bicyclic) bond motifs is 1. The number of aromatic amines is 1. The Morgan fingerprint density at radius 3 is 2.76 bits per heavy atom. The van der Waals surface area contributed by atoms with Crippen molar-refractivity contribution >= 4 is 22.8 Å². The van der Waals surface area contributed by atoms with Crippen LogP contribution in [-0.4, -0.2) is 48.3 Å².